The molecule has 2 rings (SSSR count). The number of hydrogen-bond acceptors (Lipinski definition) is 8. The molecule has 6 atom stereocenters. The van der Waals surface area contributed by atoms with E-state index in [2.05, 4.69) is 0 Å². The molecule has 1 aliphatic heterocycles. The molecule has 1 heterocycles. The van der Waals surface area contributed by atoms with Gasteiger partial charge < -0.3 is 40.1 Å². The summed E-state index contributed by atoms with van der Waals surface area (Å²) in [7, 11) is 0. The number of ether oxygens (including phenoxy) is 2. The first-order valence-corrected chi connectivity index (χ1v) is 6.82. The fourth-order valence-corrected chi connectivity index (χ4v) is 2.29. The first-order valence-electron chi connectivity index (χ1n) is 6.82. The van der Waals surface area contributed by atoms with Crippen LogP contribution in [0.25, 0.3) is 0 Å². The third-order valence-electron chi connectivity index (χ3n) is 3.53. The maximum atomic E-state index is 9.89. The summed E-state index contributed by atoms with van der Waals surface area (Å²) in [5, 5.41) is 57.3. The van der Waals surface area contributed by atoms with Crippen molar-refractivity contribution in [1.29, 1.82) is 0 Å². The van der Waals surface area contributed by atoms with E-state index in [4.69, 9.17) is 14.6 Å². The molecule has 2 unspecified atom stereocenters. The van der Waals surface area contributed by atoms with Gasteiger partial charge in [0.25, 0.3) is 0 Å². The summed E-state index contributed by atoms with van der Waals surface area (Å²) in [4.78, 5) is 0. The van der Waals surface area contributed by atoms with Gasteiger partial charge in [-0.2, -0.15) is 0 Å². The van der Waals surface area contributed by atoms with Gasteiger partial charge in [0.2, 0.25) is 0 Å². The second kappa shape index (κ2) is 7.44. The first kappa shape index (κ1) is 17.3. The van der Waals surface area contributed by atoms with E-state index in [-0.39, 0.29) is 0 Å². The molecule has 124 valence electrons. The molecular weight excluding hydrogens is 296 g/mol. The SMILES string of the molecule is OC[C@H]1OC(OC(c2ccccc2)C(O)O)[C@H](O)[C@@H](O)[C@@H]1O. The molecule has 0 aromatic heterocycles. The Bertz CT molecular complexity index is 451. The molecule has 1 aliphatic rings. The Morgan fingerprint density at radius 2 is 1.64 bits per heavy atom. The summed E-state index contributed by atoms with van der Waals surface area (Å²) >= 11 is 0. The average Bonchev–Trinajstić information content (AvgIpc) is 2.52. The molecule has 0 amide bonds. The lowest BCUT2D eigenvalue weighted by atomic mass is 9.99. The highest BCUT2D eigenvalue weighted by Crippen LogP contribution is 2.28. The number of benzene rings is 1. The molecule has 8 nitrogen and oxygen atoms in total. The van der Waals surface area contributed by atoms with Crippen LogP contribution in [0.5, 0.6) is 0 Å². The molecule has 1 aromatic rings. The van der Waals surface area contributed by atoms with Gasteiger partial charge in [-0.15, -0.1) is 0 Å². The Morgan fingerprint density at radius 1 is 1.00 bits per heavy atom. The predicted molar refractivity (Wildman–Crippen MR) is 72.3 cm³/mol. The van der Waals surface area contributed by atoms with Crippen LogP contribution in [0, 0.1) is 0 Å². The van der Waals surface area contributed by atoms with Crippen LogP contribution in [0.3, 0.4) is 0 Å². The zero-order valence-electron chi connectivity index (χ0n) is 11.6. The van der Waals surface area contributed by atoms with Gasteiger partial charge in [0.05, 0.1) is 6.61 Å². The van der Waals surface area contributed by atoms with Crippen LogP contribution >= 0.6 is 0 Å². The van der Waals surface area contributed by atoms with Gasteiger partial charge in [-0.1, -0.05) is 30.3 Å². The zero-order chi connectivity index (χ0) is 16.3. The Labute approximate surface area is 126 Å². The van der Waals surface area contributed by atoms with Gasteiger partial charge in [0.15, 0.2) is 12.6 Å². The van der Waals surface area contributed by atoms with Gasteiger partial charge >= 0.3 is 0 Å². The highest BCUT2D eigenvalue weighted by Gasteiger charge is 2.45. The quantitative estimate of drug-likeness (QED) is 0.338. The van der Waals surface area contributed by atoms with Crippen molar-refractivity contribution < 1.29 is 40.1 Å². The maximum Gasteiger partial charge on any atom is 0.187 e. The highest BCUT2D eigenvalue weighted by molar-refractivity contribution is 5.18. The average molecular weight is 316 g/mol. The van der Waals surface area contributed by atoms with Crippen LogP contribution in [0.15, 0.2) is 30.3 Å². The molecule has 1 saturated heterocycles. The van der Waals surface area contributed by atoms with Gasteiger partial charge in [-0.3, -0.25) is 0 Å². The van der Waals surface area contributed by atoms with E-state index in [1.807, 2.05) is 0 Å². The first-order chi connectivity index (χ1) is 10.5. The number of aliphatic hydroxyl groups is 6. The molecule has 1 fully saturated rings. The van der Waals surface area contributed by atoms with E-state index in [0.29, 0.717) is 5.56 Å². The fourth-order valence-electron chi connectivity index (χ4n) is 2.29. The molecule has 0 spiro atoms. The summed E-state index contributed by atoms with van der Waals surface area (Å²) < 4.78 is 10.5. The molecule has 0 aliphatic carbocycles. The lowest BCUT2D eigenvalue weighted by Crippen LogP contribution is -2.59. The van der Waals surface area contributed by atoms with Crippen LogP contribution in [-0.2, 0) is 9.47 Å². The molecule has 0 radical (unpaired) electrons. The number of aliphatic hydroxyl groups excluding tert-OH is 5. The summed E-state index contributed by atoms with van der Waals surface area (Å²) in [6.07, 6.45) is -10.4. The predicted octanol–water partition coefficient (Wildman–Crippen LogP) is -2.15. The van der Waals surface area contributed by atoms with Crippen LogP contribution in [-0.4, -0.2) is 74.2 Å². The zero-order valence-corrected chi connectivity index (χ0v) is 11.6. The van der Waals surface area contributed by atoms with Crippen molar-refractivity contribution in [2.24, 2.45) is 0 Å². The van der Waals surface area contributed by atoms with Crippen molar-refractivity contribution in [3.8, 4) is 0 Å². The van der Waals surface area contributed by atoms with Crippen LogP contribution in [0.1, 0.15) is 11.7 Å². The second-order valence-corrected chi connectivity index (χ2v) is 5.08. The van der Waals surface area contributed by atoms with E-state index >= 15 is 0 Å². The third-order valence-corrected chi connectivity index (χ3v) is 3.53. The molecule has 1 aromatic carbocycles. The van der Waals surface area contributed by atoms with E-state index < -0.39 is 49.7 Å². The summed E-state index contributed by atoms with van der Waals surface area (Å²) in [6.45, 7) is -0.595. The van der Waals surface area contributed by atoms with Gasteiger partial charge in [0, 0.05) is 0 Å². The molecule has 0 saturated carbocycles. The van der Waals surface area contributed by atoms with E-state index in [1.54, 1.807) is 30.3 Å². The Hall–Kier alpha value is -1.10. The minimum Gasteiger partial charge on any atom is -0.394 e. The van der Waals surface area contributed by atoms with Crippen LogP contribution < -0.4 is 0 Å². The van der Waals surface area contributed by atoms with Crippen LogP contribution in [0.2, 0.25) is 0 Å². The minimum absolute atomic E-state index is 0.425. The van der Waals surface area contributed by atoms with Crippen molar-refractivity contribution in [3.05, 3.63) is 35.9 Å². The van der Waals surface area contributed by atoms with E-state index in [9.17, 15) is 25.5 Å². The van der Waals surface area contributed by atoms with E-state index in [1.165, 1.54) is 0 Å². The van der Waals surface area contributed by atoms with Gasteiger partial charge in [0.1, 0.15) is 30.5 Å². The maximum absolute atomic E-state index is 9.89. The highest BCUT2D eigenvalue weighted by atomic mass is 16.7. The summed E-state index contributed by atoms with van der Waals surface area (Å²) in [5.74, 6) is 0. The number of hydrogen-bond donors (Lipinski definition) is 6. The topological polar surface area (TPSA) is 140 Å². The van der Waals surface area contributed by atoms with Crippen molar-refractivity contribution in [2.45, 2.75) is 43.1 Å². The van der Waals surface area contributed by atoms with Crippen molar-refractivity contribution in [2.75, 3.05) is 6.61 Å². The summed E-state index contributed by atoms with van der Waals surface area (Å²) in [6, 6.07) is 8.25. The Morgan fingerprint density at radius 3 is 2.18 bits per heavy atom. The monoisotopic (exact) mass is 316 g/mol. The van der Waals surface area contributed by atoms with Gasteiger partial charge in [-0.05, 0) is 5.56 Å². The third kappa shape index (κ3) is 3.62. The molecule has 6 N–H and O–H groups in total. The molecule has 0 bridgehead atoms. The Kier molecular flexibility index (Phi) is 5.84. The van der Waals surface area contributed by atoms with Crippen molar-refractivity contribution >= 4 is 0 Å². The molecule has 8 heteroatoms. The van der Waals surface area contributed by atoms with Crippen molar-refractivity contribution in [3.63, 3.8) is 0 Å². The standard InChI is InChI=1S/C14H20O8/c15-6-8-9(16)10(17)11(18)14(21-8)22-12(13(19)20)7-4-2-1-3-5-7/h1-5,8-20H,6H2/t8-,9-,10+,11-,12?,14?/m1/s1. The molecule has 22 heavy (non-hydrogen) atoms. The summed E-state index contributed by atoms with van der Waals surface area (Å²) in [5.41, 5.74) is 0.425. The largest absolute Gasteiger partial charge is 0.394 e. The van der Waals surface area contributed by atoms with Crippen LogP contribution in [0.4, 0.5) is 0 Å². The minimum atomic E-state index is -1.89. The number of rotatable bonds is 5. The van der Waals surface area contributed by atoms with Gasteiger partial charge in [-0.25, -0.2) is 0 Å². The smallest absolute Gasteiger partial charge is 0.187 e. The molecular formula is C14H20O8. The fraction of sp³-hybridized carbons (Fsp3) is 0.571. The van der Waals surface area contributed by atoms with Crippen molar-refractivity contribution in [1.82, 2.24) is 0 Å². The van der Waals surface area contributed by atoms with E-state index in [0.717, 1.165) is 0 Å². The normalized spacial score (nSPS) is 33.9. The second-order valence-electron chi connectivity index (χ2n) is 5.08. The lowest BCUT2D eigenvalue weighted by molar-refractivity contribution is -0.327. The lowest BCUT2D eigenvalue weighted by Gasteiger charge is -2.41. The Balaban J connectivity index is 2.15.